The van der Waals surface area contributed by atoms with E-state index in [4.69, 9.17) is 33.0 Å². The van der Waals surface area contributed by atoms with E-state index in [-0.39, 0.29) is 12.8 Å². The van der Waals surface area contributed by atoms with Crippen molar-refractivity contribution < 1.29 is 38.8 Å². The zero-order chi connectivity index (χ0) is 41.2. The highest BCUT2D eigenvalue weighted by atomic mass is 16.4. The summed E-state index contributed by atoms with van der Waals surface area (Å²) in [5.74, 6) is -5.36. The first kappa shape index (κ1) is 44.7. The quantitative estimate of drug-likeness (QED) is 0.0271. The smallest absolute Gasteiger partial charge is 0.425 e. The molecule has 56 heavy (non-hydrogen) atoms. The highest BCUT2D eigenvalue weighted by Gasteiger charge is 2.32. The van der Waals surface area contributed by atoms with Crippen molar-refractivity contribution in [3.05, 3.63) is 77.9 Å². The topological polar surface area (TPSA) is 336 Å². The van der Waals surface area contributed by atoms with Gasteiger partial charge in [-0.05, 0) is 67.5 Å². The summed E-state index contributed by atoms with van der Waals surface area (Å²) in [6.45, 7) is 2.50. The van der Waals surface area contributed by atoms with Crippen LogP contribution >= 0.6 is 0 Å². The second-order valence-electron chi connectivity index (χ2n) is 13.2. The number of amides is 6. The van der Waals surface area contributed by atoms with Gasteiger partial charge in [0.05, 0.1) is 12.7 Å². The van der Waals surface area contributed by atoms with E-state index in [0.717, 1.165) is 30.4 Å². The third-order valence-corrected chi connectivity index (χ3v) is 8.68. The Kier molecular flexibility index (Phi) is 18.1. The van der Waals surface area contributed by atoms with Crippen LogP contribution in [0.25, 0.3) is 11.1 Å². The summed E-state index contributed by atoms with van der Waals surface area (Å²) in [6, 6.07) is 9.47. The van der Waals surface area contributed by atoms with Gasteiger partial charge in [-0.3, -0.25) is 28.8 Å². The van der Waals surface area contributed by atoms with Gasteiger partial charge in [-0.25, -0.2) is 4.98 Å². The molecule has 0 fully saturated rings. The molecule has 302 valence electrons. The number of unbranched alkanes of at least 4 members (excludes halogenated alkanes) is 2. The van der Waals surface area contributed by atoms with Gasteiger partial charge in [-0.15, -0.1) is 0 Å². The van der Waals surface area contributed by atoms with Crippen LogP contribution in [0.15, 0.2) is 61.1 Å². The number of hydrogen-bond acceptors (Lipinski definition) is 12. The minimum Gasteiger partial charge on any atom is -0.425 e. The van der Waals surface area contributed by atoms with Gasteiger partial charge < -0.3 is 64.6 Å². The average molecular weight is 778 g/mol. The number of benzene rings is 2. The van der Waals surface area contributed by atoms with E-state index >= 15 is 0 Å². The lowest BCUT2D eigenvalue weighted by Gasteiger charge is -2.25. The number of nitrogens with two attached hydrogens (primary N) is 4. The molecule has 5 atom stereocenters. The number of rotatable bonds is 23. The van der Waals surface area contributed by atoms with Crippen LogP contribution in [0.3, 0.4) is 0 Å². The van der Waals surface area contributed by atoms with E-state index < -0.39 is 79.3 Å². The van der Waals surface area contributed by atoms with Crippen LogP contribution in [0.5, 0.6) is 0 Å². The van der Waals surface area contributed by atoms with Gasteiger partial charge in [0.2, 0.25) is 23.6 Å². The lowest BCUT2D eigenvalue weighted by molar-refractivity contribution is -0.134. The summed E-state index contributed by atoms with van der Waals surface area (Å²) >= 11 is 0. The van der Waals surface area contributed by atoms with E-state index in [9.17, 15) is 28.8 Å². The molecule has 0 saturated heterocycles. The molecule has 3 rings (SSSR count). The van der Waals surface area contributed by atoms with Crippen molar-refractivity contribution in [2.24, 2.45) is 22.9 Å². The molecule has 1 heterocycles. The molecule has 0 aliphatic carbocycles. The summed E-state index contributed by atoms with van der Waals surface area (Å²) in [7, 11) is -2.16. The van der Waals surface area contributed by atoms with Gasteiger partial charge in [0.25, 0.3) is 11.8 Å². The zero-order valence-corrected chi connectivity index (χ0v) is 31.2. The second kappa shape index (κ2) is 22.7. The van der Waals surface area contributed by atoms with Gasteiger partial charge in [0, 0.05) is 23.9 Å². The van der Waals surface area contributed by atoms with Crippen LogP contribution in [-0.4, -0.2) is 99.5 Å². The highest BCUT2D eigenvalue weighted by Crippen LogP contribution is 2.21. The third kappa shape index (κ3) is 14.5. The molecule has 20 heteroatoms. The number of imidazole rings is 1. The van der Waals surface area contributed by atoms with E-state index in [2.05, 4.69) is 50.3 Å². The minimum absolute atomic E-state index is 0.134. The van der Waals surface area contributed by atoms with E-state index in [0.29, 0.717) is 30.6 Å². The van der Waals surface area contributed by atoms with Crippen molar-refractivity contribution in [3.63, 3.8) is 0 Å². The molecule has 16 N–H and O–H groups in total. The molecule has 1 unspecified atom stereocenters. The molecule has 6 amide bonds. The minimum atomic E-state index is -2.16. The Labute approximate surface area is 324 Å². The molecular weight excluding hydrogens is 725 g/mol. The third-order valence-electron chi connectivity index (χ3n) is 8.68. The van der Waals surface area contributed by atoms with E-state index in [1.165, 1.54) is 18.1 Å². The number of aromatic amines is 1. The zero-order valence-electron chi connectivity index (χ0n) is 31.2. The fraction of sp³-hybridized carbons (Fsp3) is 0.417. The van der Waals surface area contributed by atoms with Crippen LogP contribution in [0.4, 0.5) is 0 Å². The summed E-state index contributed by atoms with van der Waals surface area (Å²) in [6.07, 6.45) is 4.58. The van der Waals surface area contributed by atoms with Crippen LogP contribution < -0.4 is 49.5 Å². The molecule has 0 saturated carbocycles. The summed E-state index contributed by atoms with van der Waals surface area (Å²) in [5, 5.41) is 30.1. The first-order chi connectivity index (χ1) is 26.7. The Morgan fingerprint density at radius 2 is 1.38 bits per heavy atom. The first-order valence-electron chi connectivity index (χ1n) is 18.3. The maximum Gasteiger partial charge on any atom is 0.490 e. The maximum atomic E-state index is 13.8. The van der Waals surface area contributed by atoms with E-state index in [1.54, 1.807) is 12.1 Å². The van der Waals surface area contributed by atoms with Gasteiger partial charge >= 0.3 is 7.12 Å². The van der Waals surface area contributed by atoms with E-state index in [1.807, 2.05) is 29.6 Å². The number of nitrogens with one attached hydrogen (secondary N) is 6. The fourth-order valence-corrected chi connectivity index (χ4v) is 5.49. The van der Waals surface area contributed by atoms with Crippen LogP contribution in [0.2, 0.25) is 0 Å². The largest absolute Gasteiger partial charge is 0.490 e. The summed E-state index contributed by atoms with van der Waals surface area (Å²) in [5.41, 5.74) is 26.1. The molecule has 0 bridgehead atoms. The number of nitrogens with zero attached hydrogens (tertiary/aromatic N) is 1. The van der Waals surface area contributed by atoms with Gasteiger partial charge in [-0.1, -0.05) is 49.7 Å². The number of H-pyrrole nitrogens is 1. The van der Waals surface area contributed by atoms with Crippen molar-refractivity contribution in [3.8, 4) is 11.1 Å². The van der Waals surface area contributed by atoms with Gasteiger partial charge in [-0.2, -0.15) is 0 Å². The molecule has 1 aromatic heterocycles. The average Bonchev–Trinajstić information content (AvgIpc) is 3.69. The molecular formula is C36H52BN11O8. The lowest BCUT2D eigenvalue weighted by Crippen LogP contribution is -2.62. The van der Waals surface area contributed by atoms with Crippen LogP contribution in [0, 0.1) is 0 Å². The highest BCUT2D eigenvalue weighted by molar-refractivity contribution is 6.43. The Morgan fingerprint density at radius 3 is 1.95 bits per heavy atom. The fourth-order valence-electron chi connectivity index (χ4n) is 5.49. The number of carbonyl (C=O) groups excluding carboxylic acids is 6. The lowest BCUT2D eigenvalue weighted by atomic mass is 9.86. The predicted molar refractivity (Wildman–Crippen MR) is 207 cm³/mol. The Morgan fingerprint density at radius 1 is 0.768 bits per heavy atom. The SMILES string of the molecule is CCCCc1ccc(-c2ccc(C(=O)N[C@@H](CCCCN)C(=O)N[C@@H](Cc3cnc[nH]3)C(=O)N[C@@H](N)C(=O)NC(CC(N)=O)C(=O)N[C@@H](N)B(O)O)cc2)cc1. The molecule has 0 spiro atoms. The van der Waals surface area contributed by atoms with Crippen molar-refractivity contribution in [2.75, 3.05) is 6.54 Å². The number of carbonyl (C=O) groups is 6. The first-order valence-corrected chi connectivity index (χ1v) is 18.3. The van der Waals surface area contributed by atoms with Crippen LogP contribution in [0.1, 0.15) is 67.1 Å². The number of primary amides is 1. The van der Waals surface area contributed by atoms with Gasteiger partial charge in [0.15, 0.2) is 6.17 Å². The molecule has 19 nitrogen and oxygen atoms in total. The summed E-state index contributed by atoms with van der Waals surface area (Å²) < 4.78 is 0. The molecule has 0 radical (unpaired) electrons. The maximum absolute atomic E-state index is 13.8. The Hall–Kier alpha value is -5.67. The van der Waals surface area contributed by atoms with Crippen molar-refractivity contribution >= 4 is 42.6 Å². The number of aryl methyl sites for hydroxylation is 1. The molecule has 0 aliphatic rings. The van der Waals surface area contributed by atoms with Crippen molar-refractivity contribution in [2.45, 2.75) is 88.6 Å². The molecule has 2 aromatic carbocycles. The summed E-state index contributed by atoms with van der Waals surface area (Å²) in [4.78, 5) is 84.5. The number of hydrogen-bond donors (Lipinski definition) is 12. The van der Waals surface area contributed by atoms with Crippen LogP contribution in [-0.2, 0) is 36.8 Å². The van der Waals surface area contributed by atoms with Crippen molar-refractivity contribution in [1.82, 2.24) is 36.6 Å². The van der Waals surface area contributed by atoms with Crippen molar-refractivity contribution in [1.29, 1.82) is 0 Å². The Bertz CT molecular complexity index is 1740. The van der Waals surface area contributed by atoms with Gasteiger partial charge in [0.1, 0.15) is 24.2 Å². The number of aromatic nitrogens is 2. The Balaban J connectivity index is 1.73. The molecule has 0 aliphatic heterocycles. The standard InChI is InChI=1S/C36H52BN11O8/c1-2-3-6-21-8-10-22(11-9-21)23-12-14-24(15-13-23)31(50)44-26(7-4-5-16-38)32(51)45-27(17-25-19-42-20-43-25)33(52)47-30(40)35(54)46-28(18-29(39)49)34(53)48-36(41)37(55)56/h8-15,19-20,26-28,30,36,55-56H,2-7,16-18,38,40-41H2,1H3,(H2,39,49)(H,42,43)(H,44,50)(H,45,51)(H,46,54)(H,47,52)(H,48,53)/t26-,27-,28?,30+,36+/m0/s1. The normalized spacial score (nSPS) is 13.6. The molecule has 3 aromatic rings. The monoisotopic (exact) mass is 777 g/mol. The predicted octanol–water partition coefficient (Wildman–Crippen LogP) is -2.45. The second-order valence-corrected chi connectivity index (χ2v) is 13.2.